The van der Waals surface area contributed by atoms with E-state index in [-0.39, 0.29) is 6.61 Å². The molecule has 0 radical (unpaired) electrons. The molecule has 2 aliphatic heterocycles. The lowest BCUT2D eigenvalue weighted by Crippen LogP contribution is -2.67. The number of nitrogens with one attached hydrogen (secondary N) is 1. The summed E-state index contributed by atoms with van der Waals surface area (Å²) in [7, 11) is 1.56. The van der Waals surface area contributed by atoms with E-state index >= 15 is 0 Å². The second-order valence-corrected chi connectivity index (χ2v) is 8.67. The van der Waals surface area contributed by atoms with E-state index in [2.05, 4.69) is 5.32 Å². The van der Waals surface area contributed by atoms with Crippen molar-refractivity contribution in [2.24, 2.45) is 0 Å². The van der Waals surface area contributed by atoms with Crippen LogP contribution in [0.1, 0.15) is 6.92 Å². The highest BCUT2D eigenvalue weighted by molar-refractivity contribution is 4.97. The standard InChI is InChI=1S/C21H41NO15/c1-3-32-20-13(22-2)19(37-21-17(31)16(30)15(29)11(6-25)35-21)18(12(7-26)36-20)34-8-33-10(5-24)14(28)9(27)4-23/h9-31H,3-8H2,1-2H3/t9?,10?,11?,12?,13?,14-,15+,16?,17?,18-,19?,20-,21+/m1/s1. The number of aliphatic hydroxyl groups is 9. The largest absolute Gasteiger partial charge is 0.394 e. The van der Waals surface area contributed by atoms with Gasteiger partial charge in [0.25, 0.3) is 0 Å². The number of likely N-dealkylation sites (N-methyl/N-ethyl adjacent to an activating group) is 1. The topological polar surface area (TPSA) is 249 Å². The van der Waals surface area contributed by atoms with Crippen molar-refractivity contribution in [1.29, 1.82) is 0 Å². The lowest BCUT2D eigenvalue weighted by Gasteiger charge is -2.48. The smallest absolute Gasteiger partial charge is 0.187 e. The van der Waals surface area contributed by atoms with Gasteiger partial charge in [-0.1, -0.05) is 0 Å². The predicted molar refractivity (Wildman–Crippen MR) is 120 cm³/mol. The zero-order valence-corrected chi connectivity index (χ0v) is 20.7. The van der Waals surface area contributed by atoms with Gasteiger partial charge in [0.15, 0.2) is 12.6 Å². The Morgan fingerprint density at radius 1 is 0.811 bits per heavy atom. The quantitative estimate of drug-likeness (QED) is 0.0857. The van der Waals surface area contributed by atoms with Gasteiger partial charge in [-0.15, -0.1) is 0 Å². The van der Waals surface area contributed by atoms with Crippen molar-refractivity contribution < 1.29 is 74.4 Å². The Balaban J connectivity index is 2.25. The Labute approximate surface area is 213 Å². The molecule has 2 heterocycles. The van der Waals surface area contributed by atoms with Crippen LogP contribution in [0.5, 0.6) is 0 Å². The Kier molecular flexibility index (Phi) is 13.9. The van der Waals surface area contributed by atoms with Crippen molar-refractivity contribution >= 4 is 0 Å². The molecule has 37 heavy (non-hydrogen) atoms. The molecule has 0 spiro atoms. The third-order valence-electron chi connectivity index (χ3n) is 6.31. The molecule has 13 atom stereocenters. The van der Waals surface area contributed by atoms with Crippen molar-refractivity contribution in [3.63, 3.8) is 0 Å². The van der Waals surface area contributed by atoms with Crippen molar-refractivity contribution in [3.8, 4) is 0 Å². The molecular formula is C21H41NO15. The van der Waals surface area contributed by atoms with E-state index < -0.39 is 113 Å². The van der Waals surface area contributed by atoms with Gasteiger partial charge in [-0.2, -0.15) is 0 Å². The van der Waals surface area contributed by atoms with Crippen molar-refractivity contribution in [2.75, 3.05) is 46.9 Å². The Hall–Kier alpha value is -0.640. The summed E-state index contributed by atoms with van der Waals surface area (Å²) in [6.45, 7) is -1.40. The SMILES string of the molecule is CCO[C@@H]1OC(CO)[C@@H](OCOC(CO)[C@H](O)C(O)CO)C(O[C@@H]2OC(CO)[C@H](O)C(O)C2O)C1NC. The van der Waals surface area contributed by atoms with Gasteiger partial charge in [0.2, 0.25) is 0 Å². The molecule has 2 rings (SSSR count). The van der Waals surface area contributed by atoms with E-state index in [1.54, 1.807) is 14.0 Å². The molecule has 0 aliphatic carbocycles. The average Bonchev–Trinajstić information content (AvgIpc) is 2.91. The van der Waals surface area contributed by atoms with E-state index in [4.69, 9.17) is 33.5 Å². The molecule has 0 aromatic carbocycles. The summed E-state index contributed by atoms with van der Waals surface area (Å²) in [6, 6.07) is -0.796. The Morgan fingerprint density at radius 3 is 2.00 bits per heavy atom. The molecule has 0 saturated carbocycles. The van der Waals surface area contributed by atoms with E-state index in [9.17, 15) is 40.9 Å². The maximum atomic E-state index is 10.5. The molecule has 2 saturated heterocycles. The highest BCUT2D eigenvalue weighted by atomic mass is 16.7. The van der Waals surface area contributed by atoms with Crippen molar-refractivity contribution in [1.82, 2.24) is 5.32 Å². The van der Waals surface area contributed by atoms with Crippen LogP contribution >= 0.6 is 0 Å². The van der Waals surface area contributed by atoms with Gasteiger partial charge in [-0.05, 0) is 14.0 Å². The van der Waals surface area contributed by atoms with Gasteiger partial charge in [-0.3, -0.25) is 0 Å². The molecule has 16 nitrogen and oxygen atoms in total. The maximum absolute atomic E-state index is 10.5. The van der Waals surface area contributed by atoms with Crippen LogP contribution < -0.4 is 5.32 Å². The van der Waals surface area contributed by atoms with E-state index in [0.717, 1.165) is 0 Å². The third kappa shape index (κ3) is 7.95. The number of aliphatic hydroxyl groups excluding tert-OH is 9. The second-order valence-electron chi connectivity index (χ2n) is 8.67. The summed E-state index contributed by atoms with van der Waals surface area (Å²) < 4.78 is 33.9. The second kappa shape index (κ2) is 15.8. The zero-order valence-electron chi connectivity index (χ0n) is 20.7. The molecule has 16 heteroatoms. The van der Waals surface area contributed by atoms with Crippen molar-refractivity contribution in [2.45, 2.75) is 86.6 Å². The van der Waals surface area contributed by atoms with Crippen LogP contribution in [0.15, 0.2) is 0 Å². The van der Waals surface area contributed by atoms with E-state index in [1.165, 1.54) is 0 Å². The normalized spacial score (nSPS) is 39.3. The summed E-state index contributed by atoms with van der Waals surface area (Å²) in [6.07, 6.45) is -16.7. The monoisotopic (exact) mass is 547 g/mol. The zero-order chi connectivity index (χ0) is 27.7. The third-order valence-corrected chi connectivity index (χ3v) is 6.31. The number of hydrogen-bond acceptors (Lipinski definition) is 16. The minimum Gasteiger partial charge on any atom is -0.394 e. The minimum absolute atomic E-state index is 0.228. The van der Waals surface area contributed by atoms with Gasteiger partial charge in [0.05, 0.1) is 32.5 Å². The molecule has 8 unspecified atom stereocenters. The highest BCUT2D eigenvalue weighted by Crippen LogP contribution is 2.31. The lowest BCUT2D eigenvalue weighted by molar-refractivity contribution is -0.353. The van der Waals surface area contributed by atoms with Gasteiger partial charge in [-0.25, -0.2) is 0 Å². The highest BCUT2D eigenvalue weighted by Gasteiger charge is 2.51. The summed E-state index contributed by atoms with van der Waals surface area (Å²) >= 11 is 0. The fraction of sp³-hybridized carbons (Fsp3) is 1.00. The van der Waals surface area contributed by atoms with Crippen LogP contribution in [0.2, 0.25) is 0 Å². The molecule has 2 aliphatic rings. The molecule has 220 valence electrons. The first kappa shape index (κ1) is 32.6. The lowest BCUT2D eigenvalue weighted by atomic mass is 9.95. The summed E-state index contributed by atoms with van der Waals surface area (Å²) in [4.78, 5) is 0. The van der Waals surface area contributed by atoms with Crippen LogP contribution in [-0.4, -0.2) is 172 Å². The number of hydrogen-bond donors (Lipinski definition) is 10. The number of ether oxygens (including phenoxy) is 6. The molecule has 10 N–H and O–H groups in total. The van der Waals surface area contributed by atoms with Crippen molar-refractivity contribution in [3.05, 3.63) is 0 Å². The van der Waals surface area contributed by atoms with Crippen LogP contribution in [0.4, 0.5) is 0 Å². The van der Waals surface area contributed by atoms with Crippen LogP contribution in [0.25, 0.3) is 0 Å². The first-order chi connectivity index (χ1) is 17.7. The Morgan fingerprint density at radius 2 is 1.46 bits per heavy atom. The van der Waals surface area contributed by atoms with Crippen LogP contribution in [-0.2, 0) is 28.4 Å². The van der Waals surface area contributed by atoms with Gasteiger partial charge in [0.1, 0.15) is 67.8 Å². The predicted octanol–water partition coefficient (Wildman–Crippen LogP) is -6.05. The fourth-order valence-electron chi connectivity index (χ4n) is 4.18. The van der Waals surface area contributed by atoms with Gasteiger partial charge >= 0.3 is 0 Å². The summed E-state index contributed by atoms with van der Waals surface area (Å²) in [5.41, 5.74) is 0. The molecule has 0 amide bonds. The molecule has 0 bridgehead atoms. The summed E-state index contributed by atoms with van der Waals surface area (Å²) in [5.74, 6) is 0. The molecular weight excluding hydrogens is 506 g/mol. The van der Waals surface area contributed by atoms with Crippen LogP contribution in [0, 0.1) is 0 Å². The molecule has 0 aromatic rings. The van der Waals surface area contributed by atoms with Gasteiger partial charge in [0, 0.05) is 6.61 Å². The maximum Gasteiger partial charge on any atom is 0.187 e. The van der Waals surface area contributed by atoms with Crippen LogP contribution in [0.3, 0.4) is 0 Å². The minimum atomic E-state index is -1.72. The van der Waals surface area contributed by atoms with E-state index in [1.807, 2.05) is 0 Å². The fourth-order valence-corrected chi connectivity index (χ4v) is 4.18. The first-order valence-corrected chi connectivity index (χ1v) is 12.0. The Bertz CT molecular complexity index is 633. The van der Waals surface area contributed by atoms with Gasteiger partial charge < -0.3 is 79.7 Å². The summed E-state index contributed by atoms with van der Waals surface area (Å²) in [5, 5.41) is 91.2. The van der Waals surface area contributed by atoms with E-state index in [0.29, 0.717) is 0 Å². The number of rotatable bonds is 15. The molecule has 2 fully saturated rings. The molecule has 0 aromatic heterocycles. The average molecular weight is 548 g/mol. The first-order valence-electron chi connectivity index (χ1n) is 12.0.